The van der Waals surface area contributed by atoms with Gasteiger partial charge in [-0.1, -0.05) is 19.1 Å². The lowest BCUT2D eigenvalue weighted by atomic mass is 9.90. The van der Waals surface area contributed by atoms with Crippen molar-refractivity contribution in [2.45, 2.75) is 39.0 Å². The van der Waals surface area contributed by atoms with Crippen LogP contribution >= 0.6 is 0 Å². The van der Waals surface area contributed by atoms with E-state index in [2.05, 4.69) is 15.0 Å². The van der Waals surface area contributed by atoms with Gasteiger partial charge in [-0.05, 0) is 25.0 Å². The summed E-state index contributed by atoms with van der Waals surface area (Å²) in [6.45, 7) is 2.40. The second kappa shape index (κ2) is 6.77. The number of aromatic nitrogens is 2. The molecule has 0 saturated heterocycles. The van der Waals surface area contributed by atoms with Gasteiger partial charge in [-0.3, -0.25) is 9.79 Å². The normalized spacial score (nSPS) is 19.5. The maximum atomic E-state index is 12.0. The van der Waals surface area contributed by atoms with Crippen LogP contribution in [0.15, 0.2) is 40.6 Å². The number of aliphatic hydroxyl groups is 1. The highest BCUT2D eigenvalue weighted by Crippen LogP contribution is 2.22. The smallest absolute Gasteiger partial charge is 0.168 e. The fraction of sp³-hybridized carbons (Fsp3) is 0.389. The molecule has 0 amide bonds. The van der Waals surface area contributed by atoms with Crippen molar-refractivity contribution in [3.05, 3.63) is 41.4 Å². The van der Waals surface area contributed by atoms with Gasteiger partial charge in [0, 0.05) is 31.5 Å². The van der Waals surface area contributed by atoms with E-state index < -0.39 is 0 Å². The number of benzene rings is 1. The second-order valence-electron chi connectivity index (χ2n) is 5.73. The minimum Gasteiger partial charge on any atom is -0.512 e. The zero-order valence-electron chi connectivity index (χ0n) is 13.3. The van der Waals surface area contributed by atoms with Gasteiger partial charge < -0.3 is 10.1 Å². The summed E-state index contributed by atoms with van der Waals surface area (Å²) >= 11 is 0. The van der Waals surface area contributed by atoms with Crippen molar-refractivity contribution in [1.82, 2.24) is 9.97 Å². The van der Waals surface area contributed by atoms with Gasteiger partial charge in [0.1, 0.15) is 11.6 Å². The molecule has 5 nitrogen and oxygen atoms in total. The first-order valence-corrected chi connectivity index (χ1v) is 8.11. The Balaban J connectivity index is 1.74. The largest absolute Gasteiger partial charge is 0.512 e. The van der Waals surface area contributed by atoms with E-state index in [1.54, 1.807) is 0 Å². The summed E-state index contributed by atoms with van der Waals surface area (Å²) in [6.07, 6.45) is 3.21. The van der Waals surface area contributed by atoms with Crippen molar-refractivity contribution in [2.24, 2.45) is 4.99 Å². The standard InChI is InChI=1S/C18H21N3O2/c1-2-15(22)18-14(8-5-9-16(18)23)19-11-10-17-20-12-6-3-4-7-13(12)21-17/h3-4,6-7,22H,2,5,8-11H2,1H3,(H,20,21). The molecule has 0 unspecified atom stereocenters. The number of H-pyrrole nitrogens is 1. The average Bonchev–Trinajstić information content (AvgIpc) is 2.97. The quantitative estimate of drug-likeness (QED) is 0.670. The highest BCUT2D eigenvalue weighted by Gasteiger charge is 2.24. The zero-order chi connectivity index (χ0) is 16.2. The number of aliphatic imine (C=N–C) groups is 1. The lowest BCUT2D eigenvalue weighted by Gasteiger charge is -2.17. The molecular weight excluding hydrogens is 290 g/mol. The van der Waals surface area contributed by atoms with E-state index in [1.807, 2.05) is 31.2 Å². The number of para-hydroxylation sites is 2. The number of nitrogens with zero attached hydrogens (tertiary/aromatic N) is 2. The monoisotopic (exact) mass is 311 g/mol. The van der Waals surface area contributed by atoms with E-state index in [4.69, 9.17) is 0 Å². The van der Waals surface area contributed by atoms with Crippen LogP contribution in [0.5, 0.6) is 0 Å². The first-order valence-electron chi connectivity index (χ1n) is 8.11. The summed E-state index contributed by atoms with van der Waals surface area (Å²) in [5.41, 5.74) is 3.17. The Kier molecular flexibility index (Phi) is 4.55. The molecule has 0 aliphatic heterocycles. The number of carbonyl (C=O) groups excluding carboxylic acids is 1. The third-order valence-corrected chi connectivity index (χ3v) is 4.10. The number of aliphatic hydroxyl groups excluding tert-OH is 1. The Hall–Kier alpha value is -2.43. The molecule has 3 rings (SSSR count). The molecule has 1 heterocycles. The molecule has 2 aromatic rings. The minimum absolute atomic E-state index is 0.0121. The SMILES string of the molecule is CCC(O)=C1C(=O)CCCC1=NCCc1nc2ccccc2[nH]1. The molecule has 0 bridgehead atoms. The van der Waals surface area contributed by atoms with E-state index >= 15 is 0 Å². The number of Topliss-reactive ketones (excluding diaryl/α,β-unsaturated/α-hetero) is 1. The minimum atomic E-state index is 0.0121. The van der Waals surface area contributed by atoms with Gasteiger partial charge in [0.05, 0.1) is 16.6 Å². The van der Waals surface area contributed by atoms with Crippen LogP contribution in [-0.4, -0.2) is 33.1 Å². The van der Waals surface area contributed by atoms with Crippen molar-refractivity contribution < 1.29 is 9.90 Å². The summed E-state index contributed by atoms with van der Waals surface area (Å²) in [6, 6.07) is 7.91. The Bertz CT molecular complexity index is 753. The molecule has 0 spiro atoms. The number of ketones is 1. The lowest BCUT2D eigenvalue weighted by molar-refractivity contribution is -0.115. The van der Waals surface area contributed by atoms with Crippen molar-refractivity contribution in [2.75, 3.05) is 6.54 Å². The zero-order valence-corrected chi connectivity index (χ0v) is 13.3. The molecule has 1 aromatic heterocycles. The predicted octanol–water partition coefficient (Wildman–Crippen LogP) is 3.52. The number of imidazole rings is 1. The number of carbonyl (C=O) groups is 1. The molecule has 0 atom stereocenters. The van der Waals surface area contributed by atoms with Crippen LogP contribution in [0.2, 0.25) is 0 Å². The number of nitrogens with one attached hydrogen (secondary N) is 1. The Morgan fingerprint density at radius 2 is 2.17 bits per heavy atom. The van der Waals surface area contributed by atoms with Crippen molar-refractivity contribution in [3.8, 4) is 0 Å². The van der Waals surface area contributed by atoms with Crippen molar-refractivity contribution in [1.29, 1.82) is 0 Å². The first-order chi connectivity index (χ1) is 11.2. The number of fused-ring (bicyclic) bond motifs is 1. The Labute approximate surface area is 135 Å². The highest BCUT2D eigenvalue weighted by molar-refractivity contribution is 6.24. The van der Waals surface area contributed by atoms with Gasteiger partial charge in [0.15, 0.2) is 5.78 Å². The van der Waals surface area contributed by atoms with Crippen LogP contribution < -0.4 is 0 Å². The van der Waals surface area contributed by atoms with Crippen LogP contribution in [0.25, 0.3) is 11.0 Å². The van der Waals surface area contributed by atoms with E-state index in [1.165, 1.54) is 0 Å². The Morgan fingerprint density at radius 3 is 2.96 bits per heavy atom. The maximum Gasteiger partial charge on any atom is 0.168 e. The van der Waals surface area contributed by atoms with Gasteiger partial charge in [-0.2, -0.15) is 0 Å². The molecule has 0 radical (unpaired) electrons. The first kappa shape index (κ1) is 15.5. The molecule has 23 heavy (non-hydrogen) atoms. The van der Waals surface area contributed by atoms with Crippen LogP contribution in [-0.2, 0) is 11.2 Å². The third kappa shape index (κ3) is 3.33. The van der Waals surface area contributed by atoms with E-state index in [0.29, 0.717) is 31.4 Å². The molecule has 1 fully saturated rings. The van der Waals surface area contributed by atoms with Crippen LogP contribution in [0.4, 0.5) is 0 Å². The molecule has 1 aliphatic carbocycles. The number of rotatable bonds is 4. The van der Waals surface area contributed by atoms with Gasteiger partial charge in [0.2, 0.25) is 0 Å². The number of hydrogen-bond donors (Lipinski definition) is 2. The average molecular weight is 311 g/mol. The number of allylic oxidation sites excluding steroid dienone is 2. The molecule has 120 valence electrons. The summed E-state index contributed by atoms with van der Waals surface area (Å²) < 4.78 is 0. The summed E-state index contributed by atoms with van der Waals surface area (Å²) in [7, 11) is 0. The van der Waals surface area contributed by atoms with E-state index in [-0.39, 0.29) is 11.5 Å². The number of hydrogen-bond acceptors (Lipinski definition) is 4. The van der Waals surface area contributed by atoms with Crippen molar-refractivity contribution >= 4 is 22.5 Å². The fourth-order valence-corrected chi connectivity index (χ4v) is 2.91. The molecule has 2 N–H and O–H groups in total. The van der Waals surface area contributed by atoms with Crippen LogP contribution in [0.1, 0.15) is 38.4 Å². The van der Waals surface area contributed by atoms with Gasteiger partial charge in [-0.25, -0.2) is 4.98 Å². The van der Waals surface area contributed by atoms with E-state index in [0.717, 1.165) is 35.4 Å². The molecule has 5 heteroatoms. The summed E-state index contributed by atoms with van der Waals surface area (Å²) in [5, 5.41) is 9.99. The lowest BCUT2D eigenvalue weighted by Crippen LogP contribution is -2.21. The highest BCUT2D eigenvalue weighted by atomic mass is 16.3. The van der Waals surface area contributed by atoms with Crippen LogP contribution in [0.3, 0.4) is 0 Å². The Morgan fingerprint density at radius 1 is 1.35 bits per heavy atom. The number of aromatic amines is 1. The second-order valence-corrected chi connectivity index (χ2v) is 5.73. The van der Waals surface area contributed by atoms with Crippen LogP contribution in [0, 0.1) is 0 Å². The molecule has 1 saturated carbocycles. The molecular formula is C18H21N3O2. The van der Waals surface area contributed by atoms with Gasteiger partial charge in [-0.15, -0.1) is 0 Å². The van der Waals surface area contributed by atoms with E-state index in [9.17, 15) is 9.90 Å². The topological polar surface area (TPSA) is 78.3 Å². The van der Waals surface area contributed by atoms with Gasteiger partial charge >= 0.3 is 0 Å². The van der Waals surface area contributed by atoms with Crippen molar-refractivity contribution in [3.63, 3.8) is 0 Å². The maximum absolute atomic E-state index is 12.0. The predicted molar refractivity (Wildman–Crippen MR) is 90.9 cm³/mol. The van der Waals surface area contributed by atoms with Gasteiger partial charge in [0.25, 0.3) is 0 Å². The molecule has 1 aliphatic rings. The molecule has 1 aromatic carbocycles. The third-order valence-electron chi connectivity index (χ3n) is 4.10. The fourth-order valence-electron chi connectivity index (χ4n) is 2.91. The summed E-state index contributed by atoms with van der Waals surface area (Å²) in [5.74, 6) is 1.07. The summed E-state index contributed by atoms with van der Waals surface area (Å²) in [4.78, 5) is 24.4.